The molecule has 1 aliphatic heterocycles. The van der Waals surface area contributed by atoms with Gasteiger partial charge in [-0.3, -0.25) is 14.5 Å². The molecular weight excluding hydrogens is 424 g/mol. The van der Waals surface area contributed by atoms with Gasteiger partial charge in [-0.05, 0) is 43.2 Å². The van der Waals surface area contributed by atoms with E-state index in [1.807, 2.05) is 42.6 Å². The number of carbonyl (C=O) groups excluding carboxylic acids is 1. The van der Waals surface area contributed by atoms with E-state index in [0.717, 1.165) is 24.0 Å². The van der Waals surface area contributed by atoms with Crippen LogP contribution in [0.2, 0.25) is 0 Å². The van der Waals surface area contributed by atoms with Gasteiger partial charge >= 0.3 is 0 Å². The van der Waals surface area contributed by atoms with Crippen LogP contribution in [0.5, 0.6) is 5.75 Å². The molecule has 0 aliphatic carbocycles. The second-order valence-electron chi connectivity index (χ2n) is 7.84. The van der Waals surface area contributed by atoms with Gasteiger partial charge in [0.05, 0.1) is 23.6 Å². The Bertz CT molecular complexity index is 1360. The molecule has 1 amide bonds. The number of aromatic nitrogens is 1. The Labute approximate surface area is 189 Å². The lowest BCUT2D eigenvalue weighted by atomic mass is 9.98. The number of unbranched alkanes of at least 4 members (excludes halogenated alkanes) is 1. The average molecular weight is 447 g/mol. The van der Waals surface area contributed by atoms with Crippen molar-refractivity contribution < 1.29 is 13.9 Å². The van der Waals surface area contributed by atoms with E-state index in [0.29, 0.717) is 34.0 Å². The minimum atomic E-state index is -0.639. The molecule has 0 bridgehead atoms. The van der Waals surface area contributed by atoms with Crippen LogP contribution in [0.3, 0.4) is 0 Å². The molecule has 2 aromatic heterocycles. The largest absolute Gasteiger partial charge is 0.494 e. The molecular formula is C25H22N2O4S. The number of nitrogens with zero attached hydrogens (tertiary/aromatic N) is 2. The minimum Gasteiger partial charge on any atom is -0.494 e. The lowest BCUT2D eigenvalue weighted by Crippen LogP contribution is -2.29. The van der Waals surface area contributed by atoms with Crippen molar-refractivity contribution in [3.8, 4) is 5.75 Å². The summed E-state index contributed by atoms with van der Waals surface area (Å²) in [7, 11) is 0. The second-order valence-corrected chi connectivity index (χ2v) is 8.71. The monoisotopic (exact) mass is 446 g/mol. The smallest absolute Gasteiger partial charge is 0.297 e. The summed E-state index contributed by atoms with van der Waals surface area (Å²) in [5.74, 6) is 0.414. The third kappa shape index (κ3) is 3.39. The predicted octanol–water partition coefficient (Wildman–Crippen LogP) is 5.49. The summed E-state index contributed by atoms with van der Waals surface area (Å²) in [5, 5.41) is 2.79. The zero-order chi connectivity index (χ0) is 22.2. The standard InChI is InChI=1S/C25H22N2O4S/c1-3-4-11-30-17-7-5-6-16(14-17)21-20-22(28)18-13-15(2)8-9-19(18)31-23(20)24(29)27(21)25-26-10-12-32-25/h5-10,12-14,21H,3-4,11H2,1-2H3. The Balaban J connectivity index is 1.71. The molecule has 4 aromatic rings. The number of carbonyl (C=O) groups is 1. The quantitative estimate of drug-likeness (QED) is 0.366. The maximum absolute atomic E-state index is 13.6. The fourth-order valence-electron chi connectivity index (χ4n) is 4.04. The molecule has 3 heterocycles. The van der Waals surface area contributed by atoms with Gasteiger partial charge in [0.1, 0.15) is 11.3 Å². The molecule has 6 nitrogen and oxygen atoms in total. The van der Waals surface area contributed by atoms with Gasteiger partial charge in [0.15, 0.2) is 10.6 Å². The summed E-state index contributed by atoms with van der Waals surface area (Å²) >= 11 is 1.35. The van der Waals surface area contributed by atoms with Crippen LogP contribution in [0.25, 0.3) is 11.0 Å². The van der Waals surface area contributed by atoms with Crippen molar-refractivity contribution in [2.75, 3.05) is 11.5 Å². The Morgan fingerprint density at radius 2 is 2.06 bits per heavy atom. The normalized spacial score (nSPS) is 15.4. The number of thiazole rings is 1. The number of amides is 1. The number of ether oxygens (including phenoxy) is 1. The van der Waals surface area contributed by atoms with Crippen LogP contribution >= 0.6 is 11.3 Å². The average Bonchev–Trinajstić information content (AvgIpc) is 3.41. The summed E-state index contributed by atoms with van der Waals surface area (Å²) in [6.45, 7) is 4.65. The molecule has 32 heavy (non-hydrogen) atoms. The van der Waals surface area contributed by atoms with Gasteiger partial charge in [-0.1, -0.05) is 37.1 Å². The predicted molar refractivity (Wildman–Crippen MR) is 125 cm³/mol. The second kappa shape index (κ2) is 8.24. The van der Waals surface area contributed by atoms with Crippen molar-refractivity contribution in [1.29, 1.82) is 0 Å². The zero-order valence-electron chi connectivity index (χ0n) is 17.8. The van der Waals surface area contributed by atoms with Gasteiger partial charge in [-0.2, -0.15) is 0 Å². The van der Waals surface area contributed by atoms with Crippen molar-refractivity contribution in [1.82, 2.24) is 4.98 Å². The summed E-state index contributed by atoms with van der Waals surface area (Å²) in [5.41, 5.74) is 2.28. The van der Waals surface area contributed by atoms with E-state index in [4.69, 9.17) is 9.15 Å². The Morgan fingerprint density at radius 3 is 2.84 bits per heavy atom. The highest BCUT2D eigenvalue weighted by Crippen LogP contribution is 2.42. The summed E-state index contributed by atoms with van der Waals surface area (Å²) in [4.78, 5) is 33.0. The lowest BCUT2D eigenvalue weighted by Gasteiger charge is -2.23. The molecule has 2 aromatic carbocycles. The first-order valence-electron chi connectivity index (χ1n) is 10.6. The maximum atomic E-state index is 13.6. The van der Waals surface area contributed by atoms with Crippen LogP contribution in [0.15, 0.2) is 63.3 Å². The van der Waals surface area contributed by atoms with Gasteiger partial charge < -0.3 is 9.15 Å². The first kappa shape index (κ1) is 20.5. The first-order chi connectivity index (χ1) is 15.6. The van der Waals surface area contributed by atoms with E-state index in [1.54, 1.807) is 23.2 Å². The van der Waals surface area contributed by atoms with Gasteiger partial charge in [-0.15, -0.1) is 11.3 Å². The van der Waals surface area contributed by atoms with Crippen molar-refractivity contribution in [2.45, 2.75) is 32.7 Å². The van der Waals surface area contributed by atoms with E-state index >= 15 is 0 Å². The van der Waals surface area contributed by atoms with E-state index in [1.165, 1.54) is 11.3 Å². The number of rotatable bonds is 6. The Kier molecular flexibility index (Phi) is 5.27. The molecule has 0 radical (unpaired) electrons. The molecule has 0 fully saturated rings. The fraction of sp³-hybridized carbons (Fsp3) is 0.240. The molecule has 1 unspecified atom stereocenters. The van der Waals surface area contributed by atoms with E-state index in [2.05, 4.69) is 11.9 Å². The molecule has 162 valence electrons. The molecule has 1 atom stereocenters. The van der Waals surface area contributed by atoms with Gasteiger partial charge in [0.25, 0.3) is 5.91 Å². The number of aryl methyl sites for hydroxylation is 1. The van der Waals surface area contributed by atoms with Crippen LogP contribution in [0.1, 0.15) is 53.1 Å². The maximum Gasteiger partial charge on any atom is 0.297 e. The van der Waals surface area contributed by atoms with Gasteiger partial charge in [0, 0.05) is 11.6 Å². The van der Waals surface area contributed by atoms with Crippen LogP contribution in [-0.4, -0.2) is 17.5 Å². The highest BCUT2D eigenvalue weighted by molar-refractivity contribution is 7.13. The number of benzene rings is 2. The van der Waals surface area contributed by atoms with Crippen LogP contribution < -0.4 is 15.1 Å². The molecule has 5 rings (SSSR count). The van der Waals surface area contributed by atoms with Gasteiger partial charge in [0.2, 0.25) is 5.76 Å². The van der Waals surface area contributed by atoms with Crippen molar-refractivity contribution >= 4 is 33.3 Å². The van der Waals surface area contributed by atoms with Crippen molar-refractivity contribution in [3.63, 3.8) is 0 Å². The zero-order valence-corrected chi connectivity index (χ0v) is 18.6. The Hall–Kier alpha value is -3.45. The molecule has 0 N–H and O–H groups in total. The lowest BCUT2D eigenvalue weighted by molar-refractivity contribution is 0.0971. The summed E-state index contributed by atoms with van der Waals surface area (Å²) in [6.07, 6.45) is 3.64. The van der Waals surface area contributed by atoms with E-state index < -0.39 is 6.04 Å². The number of hydrogen-bond donors (Lipinski definition) is 0. The molecule has 1 aliphatic rings. The molecule has 7 heteroatoms. The molecule has 0 saturated carbocycles. The molecule has 0 spiro atoms. The summed E-state index contributed by atoms with van der Waals surface area (Å²) < 4.78 is 11.9. The third-order valence-corrected chi connectivity index (χ3v) is 6.36. The first-order valence-corrected chi connectivity index (χ1v) is 11.5. The summed E-state index contributed by atoms with van der Waals surface area (Å²) in [6, 6.07) is 12.3. The highest BCUT2D eigenvalue weighted by atomic mass is 32.1. The number of hydrogen-bond acceptors (Lipinski definition) is 6. The molecule has 0 saturated heterocycles. The van der Waals surface area contributed by atoms with Crippen LogP contribution in [-0.2, 0) is 0 Å². The topological polar surface area (TPSA) is 72.6 Å². The third-order valence-electron chi connectivity index (χ3n) is 5.59. The number of anilines is 1. The Morgan fingerprint density at radius 1 is 1.19 bits per heavy atom. The van der Waals surface area contributed by atoms with Crippen LogP contribution in [0, 0.1) is 6.92 Å². The van der Waals surface area contributed by atoms with E-state index in [9.17, 15) is 9.59 Å². The van der Waals surface area contributed by atoms with Gasteiger partial charge in [-0.25, -0.2) is 4.98 Å². The fourth-order valence-corrected chi connectivity index (χ4v) is 4.71. The van der Waals surface area contributed by atoms with E-state index in [-0.39, 0.29) is 17.1 Å². The van der Waals surface area contributed by atoms with Crippen molar-refractivity contribution in [2.24, 2.45) is 0 Å². The van der Waals surface area contributed by atoms with Crippen LogP contribution in [0.4, 0.5) is 5.13 Å². The van der Waals surface area contributed by atoms with Crippen molar-refractivity contribution in [3.05, 3.63) is 86.7 Å². The minimum absolute atomic E-state index is 0.0730. The highest BCUT2D eigenvalue weighted by Gasteiger charge is 2.44. The number of fused-ring (bicyclic) bond motifs is 2. The SMILES string of the molecule is CCCCOc1cccc(C2c3c(oc4ccc(C)cc4c3=O)C(=O)N2c2nccs2)c1.